The van der Waals surface area contributed by atoms with Crippen molar-refractivity contribution in [1.82, 2.24) is 15.3 Å². The van der Waals surface area contributed by atoms with E-state index in [1.54, 1.807) is 27.7 Å². The van der Waals surface area contributed by atoms with Crippen LogP contribution >= 0.6 is 98.9 Å². The third-order valence-corrected chi connectivity index (χ3v) is 4.83. The van der Waals surface area contributed by atoms with Gasteiger partial charge in [0.1, 0.15) is 4.99 Å². The smallest absolute Gasteiger partial charge is 0.693 e. The molecule has 1 amide bonds. The maximum absolute atomic E-state index is 10.9. The molecule has 262 valence electrons. The molecule has 4 N–H and O–H groups in total. The molecule has 0 aromatic carbocycles. The van der Waals surface area contributed by atoms with Crippen molar-refractivity contribution >= 4 is 116 Å². The van der Waals surface area contributed by atoms with E-state index in [0.29, 0.717) is 47.7 Å². The largest absolute Gasteiger partial charge is 2.00 e. The average Bonchev–Trinajstić information content (AvgIpc) is 2.92. The van der Waals surface area contributed by atoms with Crippen LogP contribution in [0.4, 0.5) is 4.79 Å². The predicted molar refractivity (Wildman–Crippen MR) is 213 cm³/mol. The summed E-state index contributed by atoms with van der Waals surface area (Å²) in [6.07, 6.45) is -0.492. The molecule has 1 aromatic heterocycles. The number of aryl methyl sites for hydroxylation is 1. The Balaban J connectivity index is -0.0000000646. The first-order valence-corrected chi connectivity index (χ1v) is 31.3. The van der Waals surface area contributed by atoms with E-state index >= 15 is 0 Å². The number of aromatic nitrogens is 2. The number of methoxy groups -OCH3 is 1. The topological polar surface area (TPSA) is 164 Å². The molecule has 45 heavy (non-hydrogen) atoms. The molecular formula is C25H44I5N4O7S2U2-. The molecule has 0 fully saturated rings. The van der Waals surface area contributed by atoms with Gasteiger partial charge < -0.3 is 25.6 Å². The SMILES string of the molecule is CCOC(=O)NC(=S)C(C)=C(C)C.COC(=O)[C-](C)C.COOC[C-](C)C.Cc1[n-]c(=O)[nH]c(=S)c1C.II.I[I-]I.[NH2-].[U+2].[U+2]. The third-order valence-electron chi connectivity index (χ3n) is 4.01. The van der Waals surface area contributed by atoms with Crippen LogP contribution in [0.5, 0.6) is 0 Å². The number of halogens is 5. The second kappa shape index (κ2) is 47.2. The van der Waals surface area contributed by atoms with Crippen molar-refractivity contribution in [1.29, 1.82) is 0 Å². The first-order chi connectivity index (χ1) is 19.5. The molecule has 0 spiro atoms. The first kappa shape index (κ1) is 66.4. The summed E-state index contributed by atoms with van der Waals surface area (Å²) in [5.74, 6) is 1.66. The number of hydrogen-bond acceptors (Lipinski definition) is 9. The van der Waals surface area contributed by atoms with Gasteiger partial charge in [-0.15, -0.1) is 0 Å². The predicted octanol–water partition coefficient (Wildman–Crippen LogP) is 6.31. The fraction of sp³-hybridized carbons (Fsp3) is 0.560. The number of hydrogen-bond donors (Lipinski definition) is 2. The first-order valence-electron chi connectivity index (χ1n) is 11.7. The van der Waals surface area contributed by atoms with Crippen LogP contribution < -0.4 is 29.2 Å². The van der Waals surface area contributed by atoms with Crippen molar-refractivity contribution in [2.24, 2.45) is 0 Å². The van der Waals surface area contributed by atoms with Gasteiger partial charge in [-0.3, -0.25) is 31.6 Å². The molecule has 0 unspecified atom stereocenters. The quantitative estimate of drug-likeness (QED) is 0.0628. The number of carbonyl (C=O) groups is 2. The van der Waals surface area contributed by atoms with Crippen molar-refractivity contribution in [3.8, 4) is 0 Å². The molecule has 0 aliphatic carbocycles. The molecule has 0 radical (unpaired) electrons. The molecule has 1 rings (SSSR count). The molecule has 0 saturated heterocycles. The van der Waals surface area contributed by atoms with Crippen LogP contribution in [-0.4, -0.2) is 49.5 Å². The van der Waals surface area contributed by atoms with Crippen molar-refractivity contribution < 1.29 is 104 Å². The zero-order valence-corrected chi connectivity index (χ0v) is 48.3. The summed E-state index contributed by atoms with van der Waals surface area (Å²) >= 11 is 19.3. The van der Waals surface area contributed by atoms with Gasteiger partial charge in [-0.1, -0.05) is 35.7 Å². The van der Waals surface area contributed by atoms with Gasteiger partial charge >= 0.3 is 119 Å². The molecule has 20 heteroatoms. The fourth-order valence-corrected chi connectivity index (χ4v) is 2.10. The Labute approximate surface area is 380 Å². The average molecular weight is 1690 g/mol. The maximum atomic E-state index is 10.9. The van der Waals surface area contributed by atoms with Gasteiger partial charge in [0.25, 0.3) is 0 Å². The minimum absolute atomic E-state index is 0. The maximum Gasteiger partial charge on any atom is 2.00 e. The number of nitrogens with zero attached hydrogens (tertiary/aromatic N) is 1. The van der Waals surface area contributed by atoms with Gasteiger partial charge in [-0.25, -0.2) is 9.68 Å². The summed E-state index contributed by atoms with van der Waals surface area (Å²) < 4.78 is 9.50. The Hall–Kier alpha value is 3.17. The summed E-state index contributed by atoms with van der Waals surface area (Å²) in [6, 6.07) is 0. The summed E-state index contributed by atoms with van der Waals surface area (Å²) in [5.41, 5.74) is 3.20. The molecule has 1 heterocycles. The number of rotatable bonds is 6. The minimum atomic E-state index is -0.492. The number of carbonyl (C=O) groups excluding carboxylic acids is 2. The number of nitrogens with two attached hydrogens (primary N) is 1. The number of thiocarbonyl (C=S) groups is 1. The van der Waals surface area contributed by atoms with E-state index < -0.39 is 6.09 Å². The molecule has 0 aliphatic rings. The number of allylic oxidation sites excluding steroid dienone is 1. The van der Waals surface area contributed by atoms with E-state index in [0.717, 1.165) is 16.7 Å². The van der Waals surface area contributed by atoms with E-state index in [4.69, 9.17) is 24.4 Å². The van der Waals surface area contributed by atoms with Crippen LogP contribution in [0.3, 0.4) is 0 Å². The van der Waals surface area contributed by atoms with E-state index in [2.05, 4.69) is 109 Å². The zero-order chi connectivity index (χ0) is 34.4. The molecule has 11 nitrogen and oxygen atoms in total. The van der Waals surface area contributed by atoms with Gasteiger partial charge in [0.15, 0.2) is 11.7 Å². The Bertz CT molecular complexity index is 1020. The third kappa shape index (κ3) is 49.3. The number of alkyl carbamates (subject to hydrolysis) is 1. The summed E-state index contributed by atoms with van der Waals surface area (Å²) in [6.45, 7) is 19.4. The molecule has 0 aliphatic heterocycles. The summed E-state index contributed by atoms with van der Waals surface area (Å²) in [5, 5.41) is 2.47. The van der Waals surface area contributed by atoms with E-state index in [-0.39, 0.29) is 80.0 Å². The van der Waals surface area contributed by atoms with Crippen molar-refractivity contribution in [2.75, 3.05) is 27.4 Å². The number of esters is 1. The van der Waals surface area contributed by atoms with Gasteiger partial charge in [0, 0.05) is 41.9 Å². The second-order valence-electron chi connectivity index (χ2n) is 8.06. The van der Waals surface area contributed by atoms with Crippen LogP contribution in [-0.2, 0) is 24.0 Å². The van der Waals surface area contributed by atoms with Crippen molar-refractivity contribution in [3.05, 3.63) is 55.5 Å². The number of ether oxygens (including phenoxy) is 2. The number of nitrogens with one attached hydrogen (secondary N) is 2. The second-order valence-corrected chi connectivity index (χ2v) is 25.1. The van der Waals surface area contributed by atoms with Crippen LogP contribution in [0, 0.1) is 92.6 Å². The minimum Gasteiger partial charge on any atom is -0.693 e. The molecule has 0 bridgehead atoms. The van der Waals surface area contributed by atoms with Crippen molar-refractivity contribution in [2.45, 2.75) is 69.2 Å². The van der Waals surface area contributed by atoms with Crippen LogP contribution in [0.25, 0.3) is 6.15 Å². The monoisotopic (exact) mass is 1690 g/mol. The van der Waals surface area contributed by atoms with E-state index in [1.807, 2.05) is 41.5 Å². The number of amides is 1. The van der Waals surface area contributed by atoms with Gasteiger partial charge in [-0.05, 0) is 59.3 Å². The van der Waals surface area contributed by atoms with Gasteiger partial charge in [0.05, 0.1) is 20.8 Å². The Morgan fingerprint density at radius 1 is 1.04 bits per heavy atom. The van der Waals surface area contributed by atoms with Gasteiger partial charge in [-0.2, -0.15) is 27.7 Å². The van der Waals surface area contributed by atoms with Gasteiger partial charge in [0.2, 0.25) is 0 Å². The standard InChI is InChI=1S/C9H15NO2S.C6H8N2OS.C5H11O2.C5H9O2.I3.I2.H2N.2U/c1-5-12-9(11)10-8(13)7(4)6(2)3;1-3-4(2)7-6(9)8-5(3)10;1-5(2)4-7-6-3;1-4(2)5(6)7-3;1-3-2;1-2;;;/h5H2,1-4H3,(H,10,11,13);1-2H3,(H2,7,8,9,10);4H2,1-3H3;1-3H3;;;1H2;;/q;;3*-1;;-1;2*+2/p-1. The van der Waals surface area contributed by atoms with Crippen LogP contribution in [0.2, 0.25) is 0 Å². The van der Waals surface area contributed by atoms with Crippen molar-refractivity contribution in [3.63, 3.8) is 0 Å². The Morgan fingerprint density at radius 2 is 1.49 bits per heavy atom. The summed E-state index contributed by atoms with van der Waals surface area (Å²) in [7, 11) is 2.87. The molecule has 0 atom stereocenters. The number of H-pyrrole nitrogens is 1. The molecular weight excluding hydrogens is 1640 g/mol. The molecule has 1 aromatic rings. The number of aromatic amines is 1. The molecule has 0 saturated carbocycles. The normalized spacial score (nSPS) is 8.20. The Morgan fingerprint density at radius 3 is 1.73 bits per heavy atom. The Kier molecular flexibility index (Phi) is 69.6. The van der Waals surface area contributed by atoms with E-state index in [1.165, 1.54) is 20.1 Å². The fourth-order valence-electron chi connectivity index (χ4n) is 1.58. The summed E-state index contributed by atoms with van der Waals surface area (Å²) in [4.78, 5) is 47.2. The van der Waals surface area contributed by atoms with Crippen LogP contribution in [0.15, 0.2) is 15.9 Å². The van der Waals surface area contributed by atoms with E-state index in [9.17, 15) is 14.4 Å². The van der Waals surface area contributed by atoms with Crippen LogP contribution in [0.1, 0.15) is 66.6 Å². The zero-order valence-electron chi connectivity index (χ0n) is 27.5.